The van der Waals surface area contributed by atoms with E-state index in [1.54, 1.807) is 41.3 Å². The van der Waals surface area contributed by atoms with Crippen molar-refractivity contribution in [3.63, 3.8) is 0 Å². The van der Waals surface area contributed by atoms with Crippen molar-refractivity contribution in [1.29, 1.82) is 0 Å². The third kappa shape index (κ3) is 3.20. The molecule has 0 unspecified atom stereocenters. The number of nitro benzene ring substituents is 1. The number of para-hydroxylation sites is 4. The predicted octanol–water partition coefficient (Wildman–Crippen LogP) is 4.20. The van der Waals surface area contributed by atoms with Gasteiger partial charge in [0.15, 0.2) is 0 Å². The van der Waals surface area contributed by atoms with Crippen molar-refractivity contribution in [2.24, 2.45) is 0 Å². The first-order chi connectivity index (χ1) is 16.0. The SMILES string of the molecule is CCN1C(=O)/C(=C\c2nc3ccccc3c(=O)n2-c2ccccc2[N+](=O)[O-])c2ccccc21. The molecule has 0 N–H and O–H groups in total. The van der Waals surface area contributed by atoms with Crippen LogP contribution in [0.4, 0.5) is 11.4 Å². The van der Waals surface area contributed by atoms with Gasteiger partial charge in [-0.05, 0) is 37.3 Å². The average Bonchev–Trinajstić information content (AvgIpc) is 3.10. The second-order valence-corrected chi connectivity index (χ2v) is 7.50. The normalized spacial score (nSPS) is 14.2. The van der Waals surface area contributed by atoms with Crippen LogP contribution in [-0.2, 0) is 4.79 Å². The van der Waals surface area contributed by atoms with Gasteiger partial charge in [-0.25, -0.2) is 4.98 Å². The number of fused-ring (bicyclic) bond motifs is 2. The molecule has 8 heteroatoms. The van der Waals surface area contributed by atoms with E-state index >= 15 is 0 Å². The quantitative estimate of drug-likeness (QED) is 0.270. The van der Waals surface area contributed by atoms with E-state index in [9.17, 15) is 19.7 Å². The Hall–Kier alpha value is -4.59. The molecule has 5 rings (SSSR count). The van der Waals surface area contributed by atoms with Gasteiger partial charge in [0.25, 0.3) is 17.2 Å². The van der Waals surface area contributed by atoms with Crippen molar-refractivity contribution >= 4 is 39.8 Å². The fourth-order valence-electron chi connectivity index (χ4n) is 4.18. The Balaban J connectivity index is 1.85. The number of amides is 1. The lowest BCUT2D eigenvalue weighted by Gasteiger charge is -2.14. The van der Waals surface area contributed by atoms with Crippen LogP contribution in [0.3, 0.4) is 0 Å². The molecular weight excluding hydrogens is 420 g/mol. The molecule has 2 heterocycles. The van der Waals surface area contributed by atoms with Crippen molar-refractivity contribution in [3.05, 3.63) is 105 Å². The Morgan fingerprint density at radius 1 is 0.939 bits per heavy atom. The molecule has 0 radical (unpaired) electrons. The number of carbonyl (C=O) groups is 1. The number of anilines is 1. The molecule has 33 heavy (non-hydrogen) atoms. The lowest BCUT2D eigenvalue weighted by atomic mass is 10.1. The van der Waals surface area contributed by atoms with Gasteiger partial charge in [0.1, 0.15) is 11.5 Å². The second kappa shape index (κ2) is 7.83. The zero-order chi connectivity index (χ0) is 23.1. The topological polar surface area (TPSA) is 98.3 Å². The summed E-state index contributed by atoms with van der Waals surface area (Å²) in [6.07, 6.45) is 1.54. The maximum absolute atomic E-state index is 13.5. The van der Waals surface area contributed by atoms with Gasteiger partial charge in [0.2, 0.25) is 0 Å². The van der Waals surface area contributed by atoms with Gasteiger partial charge < -0.3 is 4.90 Å². The van der Waals surface area contributed by atoms with E-state index in [4.69, 9.17) is 0 Å². The summed E-state index contributed by atoms with van der Waals surface area (Å²) in [6, 6.07) is 20.2. The highest BCUT2D eigenvalue weighted by Crippen LogP contribution is 2.37. The van der Waals surface area contributed by atoms with Gasteiger partial charge >= 0.3 is 0 Å². The van der Waals surface area contributed by atoms with E-state index in [2.05, 4.69) is 4.98 Å². The van der Waals surface area contributed by atoms with Crippen LogP contribution in [0, 0.1) is 10.1 Å². The summed E-state index contributed by atoms with van der Waals surface area (Å²) in [5.74, 6) is -0.0701. The predicted molar refractivity (Wildman–Crippen MR) is 126 cm³/mol. The number of likely N-dealkylation sites (N-methyl/N-ethyl adjacent to an activating group) is 1. The molecule has 4 aromatic rings. The molecule has 1 aromatic heterocycles. The monoisotopic (exact) mass is 438 g/mol. The van der Waals surface area contributed by atoms with Crippen LogP contribution >= 0.6 is 0 Å². The Morgan fingerprint density at radius 2 is 1.61 bits per heavy atom. The Labute approximate surface area is 188 Å². The van der Waals surface area contributed by atoms with Gasteiger partial charge in [-0.1, -0.05) is 42.5 Å². The minimum atomic E-state index is -0.539. The van der Waals surface area contributed by atoms with E-state index in [1.807, 2.05) is 31.2 Å². The fraction of sp³-hybridized carbons (Fsp3) is 0.0800. The fourth-order valence-corrected chi connectivity index (χ4v) is 4.18. The molecule has 162 valence electrons. The van der Waals surface area contributed by atoms with Crippen LogP contribution in [0.15, 0.2) is 77.6 Å². The minimum Gasteiger partial charge on any atom is -0.308 e. The van der Waals surface area contributed by atoms with Crippen LogP contribution in [0.5, 0.6) is 0 Å². The molecule has 0 bridgehead atoms. The lowest BCUT2D eigenvalue weighted by Crippen LogP contribution is -2.26. The zero-order valence-corrected chi connectivity index (χ0v) is 17.6. The number of benzene rings is 3. The molecule has 8 nitrogen and oxygen atoms in total. The third-order valence-electron chi connectivity index (χ3n) is 5.67. The van der Waals surface area contributed by atoms with E-state index in [0.717, 1.165) is 11.3 Å². The smallest absolute Gasteiger partial charge is 0.293 e. The highest BCUT2D eigenvalue weighted by Gasteiger charge is 2.31. The van der Waals surface area contributed by atoms with Gasteiger partial charge in [-0.15, -0.1) is 0 Å². The van der Waals surface area contributed by atoms with Crippen LogP contribution in [0.2, 0.25) is 0 Å². The molecule has 0 spiro atoms. The van der Waals surface area contributed by atoms with E-state index in [1.165, 1.54) is 22.8 Å². The van der Waals surface area contributed by atoms with Crippen LogP contribution < -0.4 is 10.5 Å². The maximum Gasteiger partial charge on any atom is 0.293 e. The summed E-state index contributed by atoms with van der Waals surface area (Å²) in [5, 5.41) is 12.0. The maximum atomic E-state index is 13.5. The van der Waals surface area contributed by atoms with Crippen molar-refractivity contribution in [1.82, 2.24) is 9.55 Å². The summed E-state index contributed by atoms with van der Waals surface area (Å²) in [6.45, 7) is 2.37. The van der Waals surface area contributed by atoms with Crippen molar-refractivity contribution in [3.8, 4) is 5.69 Å². The standard InChI is InChI=1S/C25H18N4O4/c1-2-27-20-12-6-4-9-16(20)18(24(27)30)15-23-26-19-11-5-3-10-17(19)25(31)28(23)21-13-7-8-14-22(21)29(32)33/h3-15H,2H2,1H3/b18-15-. The largest absolute Gasteiger partial charge is 0.308 e. The Morgan fingerprint density at radius 3 is 2.36 bits per heavy atom. The first kappa shape index (κ1) is 20.3. The number of aromatic nitrogens is 2. The summed E-state index contributed by atoms with van der Waals surface area (Å²) in [4.78, 5) is 44.2. The Bertz CT molecular complexity index is 1540. The molecule has 3 aromatic carbocycles. The molecule has 0 atom stereocenters. The molecular formula is C25H18N4O4. The number of nitrogens with zero attached hydrogens (tertiary/aromatic N) is 4. The van der Waals surface area contributed by atoms with Crippen molar-refractivity contribution in [2.45, 2.75) is 6.92 Å². The van der Waals surface area contributed by atoms with Crippen LogP contribution in [0.1, 0.15) is 18.3 Å². The molecule has 1 aliphatic heterocycles. The summed E-state index contributed by atoms with van der Waals surface area (Å²) >= 11 is 0. The number of carbonyl (C=O) groups excluding carboxylic acids is 1. The van der Waals surface area contributed by atoms with E-state index in [0.29, 0.717) is 23.0 Å². The van der Waals surface area contributed by atoms with Gasteiger partial charge in [0, 0.05) is 18.2 Å². The van der Waals surface area contributed by atoms with Crippen LogP contribution in [0.25, 0.3) is 28.2 Å². The molecule has 1 aliphatic rings. The zero-order valence-electron chi connectivity index (χ0n) is 17.6. The number of hydrogen-bond acceptors (Lipinski definition) is 5. The van der Waals surface area contributed by atoms with E-state index in [-0.39, 0.29) is 23.1 Å². The molecule has 0 saturated carbocycles. The highest BCUT2D eigenvalue weighted by molar-refractivity contribution is 6.35. The molecule has 0 aliphatic carbocycles. The van der Waals surface area contributed by atoms with Gasteiger partial charge in [0.05, 0.1) is 27.1 Å². The second-order valence-electron chi connectivity index (χ2n) is 7.50. The number of nitro groups is 1. The van der Waals surface area contributed by atoms with Gasteiger partial charge in [-0.3, -0.25) is 24.3 Å². The number of rotatable bonds is 4. The molecule has 0 fully saturated rings. The van der Waals surface area contributed by atoms with Crippen molar-refractivity contribution in [2.75, 3.05) is 11.4 Å². The first-order valence-electron chi connectivity index (χ1n) is 10.4. The summed E-state index contributed by atoms with van der Waals surface area (Å²) in [5.41, 5.74) is 1.72. The van der Waals surface area contributed by atoms with Crippen molar-refractivity contribution < 1.29 is 9.72 Å². The minimum absolute atomic E-state index is 0.0867. The number of hydrogen-bond donors (Lipinski definition) is 0. The first-order valence-corrected chi connectivity index (χ1v) is 10.4. The van der Waals surface area contributed by atoms with Crippen LogP contribution in [-0.4, -0.2) is 26.9 Å². The molecule has 1 amide bonds. The lowest BCUT2D eigenvalue weighted by molar-refractivity contribution is -0.384. The highest BCUT2D eigenvalue weighted by atomic mass is 16.6. The Kier molecular flexibility index (Phi) is 4.82. The average molecular weight is 438 g/mol. The third-order valence-corrected chi connectivity index (χ3v) is 5.67. The summed E-state index contributed by atoms with van der Waals surface area (Å²) in [7, 11) is 0. The van der Waals surface area contributed by atoms with Gasteiger partial charge in [-0.2, -0.15) is 0 Å². The molecule has 0 saturated heterocycles. The summed E-state index contributed by atoms with van der Waals surface area (Å²) < 4.78 is 1.21. The van der Waals surface area contributed by atoms with E-state index < -0.39 is 10.5 Å².